The van der Waals surface area contributed by atoms with Gasteiger partial charge in [0, 0.05) is 0 Å². The Bertz CT molecular complexity index is 251. The first-order chi connectivity index (χ1) is 7.92. The Kier molecular flexibility index (Phi) is 7.44. The fourth-order valence-corrected chi connectivity index (χ4v) is 0.829. The summed E-state index contributed by atoms with van der Waals surface area (Å²) in [5.74, 6) is -1.77. The van der Waals surface area contributed by atoms with Crippen LogP contribution in [0.5, 0.6) is 0 Å². The minimum atomic E-state index is -1.29. The lowest BCUT2D eigenvalue weighted by molar-refractivity contribution is -0.171. The van der Waals surface area contributed by atoms with Crippen LogP contribution in [0.15, 0.2) is 0 Å². The molecular weight excluding hydrogens is 232 g/mol. The van der Waals surface area contributed by atoms with Crippen molar-refractivity contribution in [3.8, 4) is 0 Å². The highest BCUT2D eigenvalue weighted by molar-refractivity contribution is 5.75. The fraction of sp³-hybridized carbons (Fsp3) is 0.800. The third kappa shape index (κ3) is 6.20. The van der Waals surface area contributed by atoms with Crippen LogP contribution in [0, 0.1) is 0 Å². The zero-order valence-corrected chi connectivity index (χ0v) is 9.83. The van der Waals surface area contributed by atoms with Gasteiger partial charge in [-0.3, -0.25) is 0 Å². The highest BCUT2D eigenvalue weighted by Gasteiger charge is 2.21. The lowest BCUT2D eigenvalue weighted by Gasteiger charge is -2.17. The van der Waals surface area contributed by atoms with E-state index in [-0.39, 0.29) is 13.0 Å². The average molecular weight is 250 g/mol. The highest BCUT2D eigenvalue weighted by atomic mass is 16.6. The van der Waals surface area contributed by atoms with Crippen LogP contribution in [0.2, 0.25) is 0 Å². The van der Waals surface area contributed by atoms with Crippen LogP contribution in [0.25, 0.3) is 0 Å². The van der Waals surface area contributed by atoms with Gasteiger partial charge in [0.25, 0.3) is 0 Å². The number of hydrogen-bond donors (Lipinski definition) is 3. The van der Waals surface area contributed by atoms with E-state index < -0.39 is 36.9 Å². The number of aliphatic hydroxyl groups excluding tert-OH is 3. The predicted octanol–water partition coefficient (Wildman–Crippen LogP) is -1.41. The summed E-state index contributed by atoms with van der Waals surface area (Å²) in [7, 11) is 0. The maximum atomic E-state index is 11.1. The van der Waals surface area contributed by atoms with Crippen molar-refractivity contribution >= 4 is 11.9 Å². The minimum Gasteiger partial charge on any atom is -0.460 e. The molecule has 0 aliphatic heterocycles. The topological polar surface area (TPSA) is 113 Å². The van der Waals surface area contributed by atoms with Crippen LogP contribution in [-0.2, 0) is 19.1 Å². The van der Waals surface area contributed by atoms with Gasteiger partial charge in [-0.1, -0.05) is 6.92 Å². The molecule has 0 radical (unpaired) electrons. The van der Waals surface area contributed by atoms with Crippen LogP contribution >= 0.6 is 0 Å². The van der Waals surface area contributed by atoms with Crippen molar-refractivity contribution in [1.82, 2.24) is 0 Å². The average Bonchev–Trinajstić information content (AvgIpc) is 2.32. The van der Waals surface area contributed by atoms with Gasteiger partial charge in [0.15, 0.2) is 12.2 Å². The predicted molar refractivity (Wildman–Crippen MR) is 55.9 cm³/mol. The molecule has 0 bridgehead atoms. The number of rotatable bonds is 7. The minimum absolute atomic E-state index is 0.185. The first kappa shape index (κ1) is 15.8. The molecule has 7 heteroatoms. The number of hydrogen-bond acceptors (Lipinski definition) is 7. The van der Waals surface area contributed by atoms with Gasteiger partial charge in [-0.25, -0.2) is 9.59 Å². The molecule has 7 nitrogen and oxygen atoms in total. The first-order valence-electron chi connectivity index (χ1n) is 5.26. The van der Waals surface area contributed by atoms with E-state index in [0.29, 0.717) is 0 Å². The van der Waals surface area contributed by atoms with E-state index in [4.69, 9.17) is 15.3 Å². The van der Waals surface area contributed by atoms with E-state index in [0.717, 1.165) is 0 Å². The summed E-state index contributed by atoms with van der Waals surface area (Å²) in [6.07, 6.45) is -3.42. The third-order valence-electron chi connectivity index (χ3n) is 1.90. The zero-order valence-electron chi connectivity index (χ0n) is 9.83. The second-order valence-electron chi connectivity index (χ2n) is 3.47. The molecule has 0 saturated carbocycles. The number of aliphatic hydroxyl groups is 3. The summed E-state index contributed by atoms with van der Waals surface area (Å²) in [4.78, 5) is 22.0. The molecule has 0 fully saturated rings. The van der Waals surface area contributed by atoms with Crippen LogP contribution < -0.4 is 0 Å². The molecular formula is C10H18O7. The van der Waals surface area contributed by atoms with E-state index in [1.54, 1.807) is 6.92 Å². The van der Waals surface area contributed by atoms with Crippen molar-refractivity contribution in [2.24, 2.45) is 0 Å². The Balaban J connectivity index is 4.08. The lowest BCUT2D eigenvalue weighted by atomic mass is 10.3. The van der Waals surface area contributed by atoms with Gasteiger partial charge in [-0.15, -0.1) is 0 Å². The van der Waals surface area contributed by atoms with E-state index in [9.17, 15) is 9.59 Å². The Hall–Kier alpha value is -1.18. The van der Waals surface area contributed by atoms with Crippen LogP contribution in [0.4, 0.5) is 0 Å². The highest BCUT2D eigenvalue weighted by Crippen LogP contribution is 2.00. The lowest BCUT2D eigenvalue weighted by Crippen LogP contribution is -2.34. The third-order valence-corrected chi connectivity index (χ3v) is 1.90. The van der Waals surface area contributed by atoms with Crippen molar-refractivity contribution in [3.63, 3.8) is 0 Å². The second-order valence-corrected chi connectivity index (χ2v) is 3.47. The monoisotopic (exact) mass is 250 g/mol. The summed E-state index contributed by atoms with van der Waals surface area (Å²) in [6.45, 7) is 1.90. The molecule has 0 aromatic rings. The van der Waals surface area contributed by atoms with Gasteiger partial charge in [0.1, 0.15) is 12.7 Å². The first-order valence-corrected chi connectivity index (χ1v) is 5.26. The normalized spacial score (nSPS) is 15.8. The maximum Gasteiger partial charge on any atom is 0.335 e. The summed E-state index contributed by atoms with van der Waals surface area (Å²) in [5.41, 5.74) is 0. The molecule has 3 unspecified atom stereocenters. The SMILES string of the molecule is CCC(O)C(=O)OC(CO)COC(=O)C(C)O. The quantitative estimate of drug-likeness (QED) is 0.475. The second kappa shape index (κ2) is 7.99. The summed E-state index contributed by atoms with van der Waals surface area (Å²) >= 11 is 0. The van der Waals surface area contributed by atoms with Gasteiger partial charge in [0.2, 0.25) is 0 Å². The van der Waals surface area contributed by atoms with Crippen LogP contribution in [-0.4, -0.2) is 58.8 Å². The van der Waals surface area contributed by atoms with E-state index >= 15 is 0 Å². The molecule has 17 heavy (non-hydrogen) atoms. The van der Waals surface area contributed by atoms with Crippen molar-refractivity contribution in [1.29, 1.82) is 0 Å². The smallest absolute Gasteiger partial charge is 0.335 e. The summed E-state index contributed by atoms with van der Waals surface area (Å²) in [6, 6.07) is 0. The Morgan fingerprint density at radius 1 is 1.24 bits per heavy atom. The Labute approximate surface area is 99.0 Å². The van der Waals surface area contributed by atoms with E-state index in [1.807, 2.05) is 0 Å². The molecule has 0 rings (SSSR count). The summed E-state index contributed by atoms with van der Waals surface area (Å²) < 4.78 is 9.25. The molecule has 0 amide bonds. The van der Waals surface area contributed by atoms with Gasteiger partial charge in [-0.2, -0.15) is 0 Å². The van der Waals surface area contributed by atoms with Crippen molar-refractivity contribution in [3.05, 3.63) is 0 Å². The number of ether oxygens (including phenoxy) is 2. The largest absolute Gasteiger partial charge is 0.460 e. The molecule has 3 N–H and O–H groups in total. The zero-order chi connectivity index (χ0) is 13.4. The van der Waals surface area contributed by atoms with Crippen LogP contribution in [0.1, 0.15) is 20.3 Å². The van der Waals surface area contributed by atoms with Crippen LogP contribution in [0.3, 0.4) is 0 Å². The van der Waals surface area contributed by atoms with Gasteiger partial charge >= 0.3 is 11.9 Å². The Morgan fingerprint density at radius 2 is 1.82 bits per heavy atom. The van der Waals surface area contributed by atoms with Gasteiger partial charge in [0.05, 0.1) is 6.61 Å². The van der Waals surface area contributed by atoms with Crippen molar-refractivity contribution in [2.75, 3.05) is 13.2 Å². The van der Waals surface area contributed by atoms with E-state index in [2.05, 4.69) is 9.47 Å². The van der Waals surface area contributed by atoms with Gasteiger partial charge in [-0.05, 0) is 13.3 Å². The molecule has 0 saturated heterocycles. The molecule has 0 aliphatic rings. The molecule has 0 aromatic heterocycles. The van der Waals surface area contributed by atoms with Crippen molar-refractivity contribution < 1.29 is 34.4 Å². The molecule has 0 heterocycles. The standard InChI is InChI=1S/C10H18O7/c1-3-8(13)10(15)17-7(4-11)5-16-9(14)6(2)12/h6-8,11-13H,3-5H2,1-2H3. The molecule has 0 aliphatic carbocycles. The molecule has 3 atom stereocenters. The summed E-state index contributed by atoms with van der Waals surface area (Å²) in [5, 5.41) is 26.8. The number of esters is 2. The number of carbonyl (C=O) groups excluding carboxylic acids is 2. The van der Waals surface area contributed by atoms with E-state index in [1.165, 1.54) is 6.92 Å². The molecule has 0 aromatic carbocycles. The molecule has 100 valence electrons. The van der Waals surface area contributed by atoms with Crippen molar-refractivity contribution in [2.45, 2.75) is 38.6 Å². The number of carbonyl (C=O) groups is 2. The van der Waals surface area contributed by atoms with Gasteiger partial charge < -0.3 is 24.8 Å². The maximum absolute atomic E-state index is 11.1. The Morgan fingerprint density at radius 3 is 2.24 bits per heavy atom. The molecule has 0 spiro atoms. The fourth-order valence-electron chi connectivity index (χ4n) is 0.829.